The van der Waals surface area contributed by atoms with Crippen molar-refractivity contribution in [1.29, 1.82) is 0 Å². The van der Waals surface area contributed by atoms with Crippen molar-refractivity contribution in [3.05, 3.63) is 23.5 Å². The fraction of sp³-hybridized carbons (Fsp3) is 0.455. The molecule has 0 aromatic carbocycles. The number of hydrogen-bond donors (Lipinski definition) is 2. The van der Waals surface area contributed by atoms with Gasteiger partial charge in [0.15, 0.2) is 5.78 Å². The van der Waals surface area contributed by atoms with E-state index in [2.05, 4.69) is 10.3 Å². The van der Waals surface area contributed by atoms with E-state index in [1.807, 2.05) is 13.8 Å². The Morgan fingerprint density at radius 1 is 1.40 bits per heavy atom. The fourth-order valence-electron chi connectivity index (χ4n) is 1.14. The maximum Gasteiger partial charge on any atom is 0.267 e. The molecule has 1 atom stereocenters. The highest BCUT2D eigenvalue weighted by Gasteiger charge is 2.11. The number of carbonyl (C=O) groups excluding carboxylic acids is 2. The van der Waals surface area contributed by atoms with Gasteiger partial charge >= 0.3 is 0 Å². The Balaban J connectivity index is 2.70. The second kappa shape index (κ2) is 4.77. The third kappa shape index (κ3) is 2.94. The molecule has 0 fully saturated rings. The van der Waals surface area contributed by atoms with Crippen LogP contribution in [0.25, 0.3) is 0 Å². The van der Waals surface area contributed by atoms with E-state index in [1.54, 1.807) is 12.1 Å². The van der Waals surface area contributed by atoms with Crippen LogP contribution in [0.15, 0.2) is 12.1 Å². The van der Waals surface area contributed by atoms with Gasteiger partial charge in [0, 0.05) is 13.0 Å². The molecule has 0 bridgehead atoms. The van der Waals surface area contributed by atoms with Gasteiger partial charge in [0.05, 0.1) is 5.69 Å². The third-order valence-electron chi connectivity index (χ3n) is 2.30. The zero-order valence-corrected chi connectivity index (χ0v) is 9.26. The van der Waals surface area contributed by atoms with Gasteiger partial charge in [0.25, 0.3) is 5.91 Å². The van der Waals surface area contributed by atoms with Crippen LogP contribution in [-0.4, -0.2) is 22.7 Å². The van der Waals surface area contributed by atoms with E-state index < -0.39 is 0 Å². The van der Waals surface area contributed by atoms with Gasteiger partial charge in [0.2, 0.25) is 0 Å². The lowest BCUT2D eigenvalue weighted by molar-refractivity contribution is 0.0935. The summed E-state index contributed by atoms with van der Waals surface area (Å²) < 4.78 is 0. The summed E-state index contributed by atoms with van der Waals surface area (Å²) in [7, 11) is 0. The van der Waals surface area contributed by atoms with Gasteiger partial charge < -0.3 is 10.3 Å². The summed E-state index contributed by atoms with van der Waals surface area (Å²) in [6, 6.07) is 3.38. The quantitative estimate of drug-likeness (QED) is 0.740. The zero-order valence-electron chi connectivity index (χ0n) is 9.26. The lowest BCUT2D eigenvalue weighted by Gasteiger charge is -2.09. The molecule has 0 saturated heterocycles. The molecule has 1 heterocycles. The number of aromatic amines is 1. The standard InChI is InChI=1S/C11H16N2O2/c1-4-7(2)12-11(15)10-6-5-9(13-10)8(3)14/h5-7,13H,4H2,1-3H3,(H,12,15). The van der Waals surface area contributed by atoms with Gasteiger partial charge in [-0.05, 0) is 25.5 Å². The normalized spacial score (nSPS) is 12.2. The molecule has 1 amide bonds. The number of Topliss-reactive ketones (excluding diaryl/α,β-unsaturated/α-hetero) is 1. The molecule has 0 saturated carbocycles. The third-order valence-corrected chi connectivity index (χ3v) is 2.30. The molecular formula is C11H16N2O2. The largest absolute Gasteiger partial charge is 0.348 e. The molecule has 0 spiro atoms. The minimum Gasteiger partial charge on any atom is -0.348 e. The number of rotatable bonds is 4. The highest BCUT2D eigenvalue weighted by Crippen LogP contribution is 2.03. The Labute approximate surface area is 89.1 Å². The molecular weight excluding hydrogens is 192 g/mol. The average Bonchev–Trinajstić information content (AvgIpc) is 2.66. The van der Waals surface area contributed by atoms with Crippen molar-refractivity contribution >= 4 is 11.7 Å². The second-order valence-corrected chi connectivity index (χ2v) is 3.62. The highest BCUT2D eigenvalue weighted by atomic mass is 16.2. The van der Waals surface area contributed by atoms with E-state index in [0.717, 1.165) is 6.42 Å². The van der Waals surface area contributed by atoms with E-state index in [4.69, 9.17) is 0 Å². The van der Waals surface area contributed by atoms with Crippen LogP contribution in [-0.2, 0) is 0 Å². The summed E-state index contributed by atoms with van der Waals surface area (Å²) in [5.41, 5.74) is 0.893. The number of ketones is 1. The lowest BCUT2D eigenvalue weighted by atomic mass is 10.2. The molecule has 2 N–H and O–H groups in total. The minimum absolute atomic E-state index is 0.0717. The van der Waals surface area contributed by atoms with Gasteiger partial charge in [-0.1, -0.05) is 6.92 Å². The first-order chi connectivity index (χ1) is 7.04. The first-order valence-corrected chi connectivity index (χ1v) is 5.05. The van der Waals surface area contributed by atoms with Crippen molar-refractivity contribution in [2.45, 2.75) is 33.2 Å². The number of amides is 1. The van der Waals surface area contributed by atoms with Crippen LogP contribution < -0.4 is 5.32 Å². The summed E-state index contributed by atoms with van der Waals surface area (Å²) in [5, 5.41) is 2.82. The first kappa shape index (κ1) is 11.5. The highest BCUT2D eigenvalue weighted by molar-refractivity contribution is 5.97. The Bertz CT molecular complexity index is 368. The molecule has 0 aliphatic carbocycles. The molecule has 0 radical (unpaired) electrons. The molecule has 1 aromatic rings. The molecule has 4 heteroatoms. The summed E-state index contributed by atoms with van der Waals surface area (Å²) in [6.07, 6.45) is 0.881. The maximum atomic E-state index is 11.6. The van der Waals surface area contributed by atoms with Crippen LogP contribution >= 0.6 is 0 Å². The Kier molecular flexibility index (Phi) is 3.66. The van der Waals surface area contributed by atoms with Crippen LogP contribution in [0.4, 0.5) is 0 Å². The molecule has 1 aromatic heterocycles. The first-order valence-electron chi connectivity index (χ1n) is 5.05. The number of nitrogens with one attached hydrogen (secondary N) is 2. The van der Waals surface area contributed by atoms with Gasteiger partial charge in [-0.3, -0.25) is 9.59 Å². The fourth-order valence-corrected chi connectivity index (χ4v) is 1.14. The SMILES string of the molecule is CCC(C)NC(=O)c1ccc(C(C)=O)[nH]1. The minimum atomic E-state index is -0.170. The van der Waals surface area contributed by atoms with Crippen LogP contribution in [0.1, 0.15) is 48.2 Å². The van der Waals surface area contributed by atoms with Gasteiger partial charge in [-0.25, -0.2) is 0 Å². The maximum absolute atomic E-state index is 11.6. The molecule has 0 aliphatic rings. The summed E-state index contributed by atoms with van der Waals surface area (Å²) in [4.78, 5) is 25.4. The monoisotopic (exact) mass is 208 g/mol. The second-order valence-electron chi connectivity index (χ2n) is 3.62. The molecule has 1 unspecified atom stereocenters. The molecule has 4 nitrogen and oxygen atoms in total. The van der Waals surface area contributed by atoms with E-state index in [0.29, 0.717) is 11.4 Å². The number of hydrogen-bond acceptors (Lipinski definition) is 2. The molecule has 0 aliphatic heterocycles. The van der Waals surface area contributed by atoms with Crippen LogP contribution in [0.3, 0.4) is 0 Å². The summed E-state index contributed by atoms with van der Waals surface area (Å²) in [6.45, 7) is 5.40. The Morgan fingerprint density at radius 2 is 2.00 bits per heavy atom. The molecule has 1 rings (SSSR count). The Morgan fingerprint density at radius 3 is 2.47 bits per heavy atom. The van der Waals surface area contributed by atoms with Crippen molar-refractivity contribution in [3.63, 3.8) is 0 Å². The topological polar surface area (TPSA) is 62.0 Å². The van der Waals surface area contributed by atoms with E-state index in [1.165, 1.54) is 6.92 Å². The predicted molar refractivity (Wildman–Crippen MR) is 58.0 cm³/mol. The van der Waals surface area contributed by atoms with Crippen LogP contribution in [0, 0.1) is 0 Å². The number of H-pyrrole nitrogens is 1. The van der Waals surface area contributed by atoms with Crippen molar-refractivity contribution in [1.82, 2.24) is 10.3 Å². The molecule has 82 valence electrons. The van der Waals surface area contributed by atoms with Crippen molar-refractivity contribution in [3.8, 4) is 0 Å². The van der Waals surface area contributed by atoms with Crippen molar-refractivity contribution in [2.75, 3.05) is 0 Å². The van der Waals surface area contributed by atoms with Crippen LogP contribution in [0.2, 0.25) is 0 Å². The van der Waals surface area contributed by atoms with Gasteiger partial charge in [-0.2, -0.15) is 0 Å². The predicted octanol–water partition coefficient (Wildman–Crippen LogP) is 1.75. The molecule has 15 heavy (non-hydrogen) atoms. The van der Waals surface area contributed by atoms with Crippen molar-refractivity contribution < 1.29 is 9.59 Å². The van der Waals surface area contributed by atoms with E-state index >= 15 is 0 Å². The van der Waals surface area contributed by atoms with Crippen molar-refractivity contribution in [2.24, 2.45) is 0 Å². The Hall–Kier alpha value is -1.58. The zero-order chi connectivity index (χ0) is 11.4. The van der Waals surface area contributed by atoms with Crippen LogP contribution in [0.5, 0.6) is 0 Å². The van der Waals surface area contributed by atoms with E-state index in [-0.39, 0.29) is 17.7 Å². The summed E-state index contributed by atoms with van der Waals surface area (Å²) >= 11 is 0. The smallest absolute Gasteiger partial charge is 0.267 e. The van der Waals surface area contributed by atoms with Gasteiger partial charge in [-0.15, -0.1) is 0 Å². The number of carbonyl (C=O) groups is 2. The van der Waals surface area contributed by atoms with Gasteiger partial charge in [0.1, 0.15) is 5.69 Å². The lowest BCUT2D eigenvalue weighted by Crippen LogP contribution is -2.32. The summed E-state index contributed by atoms with van der Waals surface area (Å²) in [5.74, 6) is -0.241. The van der Waals surface area contributed by atoms with E-state index in [9.17, 15) is 9.59 Å². The number of aromatic nitrogens is 1. The average molecular weight is 208 g/mol.